The van der Waals surface area contributed by atoms with Crippen LogP contribution in [0, 0.1) is 11.8 Å². The molecule has 0 aromatic heterocycles. The number of para-hydroxylation sites is 1. The van der Waals surface area contributed by atoms with Gasteiger partial charge in [0.25, 0.3) is 5.91 Å². The lowest BCUT2D eigenvalue weighted by molar-refractivity contribution is -0.158. The fraction of sp³-hybridized carbons (Fsp3) is 0.481. The number of aliphatic hydroxyl groups excluding tert-OH is 1. The average molecular weight is 544 g/mol. The van der Waals surface area contributed by atoms with Crippen molar-refractivity contribution in [2.24, 2.45) is 11.8 Å². The van der Waals surface area contributed by atoms with Crippen LogP contribution in [0.2, 0.25) is 5.02 Å². The molecule has 4 aliphatic rings. The molecule has 2 saturated heterocycles. The van der Waals surface area contributed by atoms with Crippen LogP contribution >= 0.6 is 11.6 Å². The van der Waals surface area contributed by atoms with Crippen LogP contribution in [0.4, 0.5) is 5.69 Å². The Labute approximate surface area is 225 Å². The van der Waals surface area contributed by atoms with E-state index < -0.39 is 53.5 Å². The van der Waals surface area contributed by atoms with E-state index in [4.69, 9.17) is 21.1 Å². The Morgan fingerprint density at radius 1 is 1.16 bits per heavy atom. The highest BCUT2D eigenvalue weighted by atomic mass is 35.5. The summed E-state index contributed by atoms with van der Waals surface area (Å²) in [6.45, 7) is 1.44. The number of rotatable bonds is 3. The molecular formula is C27H30ClN3O7. The van der Waals surface area contributed by atoms with Gasteiger partial charge in [0.15, 0.2) is 0 Å². The molecule has 202 valence electrons. The number of hydrogen-bond donors (Lipinski definition) is 2. The third kappa shape index (κ3) is 4.40. The third-order valence-electron chi connectivity index (χ3n) is 7.53. The number of nitrogens with zero attached hydrogens (tertiary/aromatic N) is 2. The second kappa shape index (κ2) is 10.5. The summed E-state index contributed by atoms with van der Waals surface area (Å²) in [6, 6.07) is 5.74. The van der Waals surface area contributed by atoms with Crippen molar-refractivity contribution in [3.63, 3.8) is 0 Å². The Morgan fingerprint density at radius 3 is 2.71 bits per heavy atom. The Morgan fingerprint density at radius 2 is 1.95 bits per heavy atom. The summed E-state index contributed by atoms with van der Waals surface area (Å²) < 4.78 is 11.9. The molecule has 38 heavy (non-hydrogen) atoms. The van der Waals surface area contributed by atoms with E-state index in [-0.39, 0.29) is 38.6 Å². The minimum atomic E-state index is -1.40. The minimum Gasteiger partial charge on any atom is -0.460 e. The summed E-state index contributed by atoms with van der Waals surface area (Å²) in [5, 5.41) is 12.9. The Balaban J connectivity index is 1.59. The van der Waals surface area contributed by atoms with Gasteiger partial charge in [0, 0.05) is 19.5 Å². The maximum absolute atomic E-state index is 14.4. The summed E-state index contributed by atoms with van der Waals surface area (Å²) in [5.41, 5.74) is -0.955. The number of ether oxygens (including phenoxy) is 2. The lowest BCUT2D eigenvalue weighted by atomic mass is 9.74. The average Bonchev–Trinajstić information content (AvgIpc) is 3.53. The van der Waals surface area contributed by atoms with Crippen LogP contribution in [0.1, 0.15) is 19.8 Å². The Kier molecular flexibility index (Phi) is 7.30. The normalized spacial score (nSPS) is 34.3. The molecule has 5 bridgehead atoms. The number of β-amino-alcohol motifs (C(OH)–C–C–N with tert-alkyl or cyclic N) is 1. The quantitative estimate of drug-likeness (QED) is 0.433. The van der Waals surface area contributed by atoms with Gasteiger partial charge in [0.1, 0.15) is 23.7 Å². The number of nitrogens with one attached hydrogen (secondary N) is 1. The lowest BCUT2D eigenvalue weighted by Gasteiger charge is -2.36. The zero-order valence-corrected chi connectivity index (χ0v) is 21.7. The van der Waals surface area contributed by atoms with E-state index in [1.165, 1.54) is 9.80 Å². The molecule has 2 N–H and O–H groups in total. The van der Waals surface area contributed by atoms with Crippen molar-refractivity contribution in [3.05, 3.63) is 53.6 Å². The highest BCUT2D eigenvalue weighted by molar-refractivity contribution is 6.34. The molecule has 5 rings (SSSR count). The molecular weight excluding hydrogens is 514 g/mol. The maximum atomic E-state index is 14.4. The fourth-order valence-corrected chi connectivity index (χ4v) is 6.10. The molecule has 4 aliphatic heterocycles. The molecule has 0 aliphatic carbocycles. The van der Waals surface area contributed by atoms with Crippen LogP contribution in [0.25, 0.3) is 0 Å². The van der Waals surface area contributed by atoms with Crippen LogP contribution in [-0.4, -0.2) is 83.8 Å². The second-order valence-corrected chi connectivity index (χ2v) is 10.3. The van der Waals surface area contributed by atoms with Gasteiger partial charge in [0.2, 0.25) is 11.8 Å². The summed E-state index contributed by atoms with van der Waals surface area (Å²) in [5.74, 6) is -3.70. The predicted molar refractivity (Wildman–Crippen MR) is 137 cm³/mol. The van der Waals surface area contributed by atoms with Gasteiger partial charge in [-0.1, -0.05) is 48.0 Å². The second-order valence-electron chi connectivity index (χ2n) is 9.92. The van der Waals surface area contributed by atoms with E-state index in [0.717, 1.165) is 0 Å². The number of likely N-dealkylation sites (tertiary alicyclic amines) is 1. The van der Waals surface area contributed by atoms with Crippen LogP contribution in [0.5, 0.6) is 0 Å². The van der Waals surface area contributed by atoms with E-state index >= 15 is 0 Å². The topological polar surface area (TPSA) is 125 Å². The van der Waals surface area contributed by atoms with E-state index in [0.29, 0.717) is 17.1 Å². The number of carbonyl (C=O) groups is 4. The molecule has 11 heteroatoms. The van der Waals surface area contributed by atoms with Gasteiger partial charge in [-0.05, 0) is 25.5 Å². The van der Waals surface area contributed by atoms with Gasteiger partial charge in [-0.3, -0.25) is 19.2 Å². The molecule has 4 heterocycles. The monoisotopic (exact) mass is 543 g/mol. The van der Waals surface area contributed by atoms with Crippen molar-refractivity contribution in [2.75, 3.05) is 31.1 Å². The zero-order valence-electron chi connectivity index (χ0n) is 20.9. The first kappa shape index (κ1) is 26.4. The smallest absolute Gasteiger partial charge is 0.313 e. The number of carbonyl (C=O) groups excluding carboxylic acids is 4. The molecule has 0 unspecified atom stereocenters. The standard InChI is InChI=1S/C27H30ClN3O7/c1-16-15-29-20(33)9-3-2-6-12-30(18-8-5-4-7-17(18)28)25(35)23-27-11-10-19(38-27)21(26(36)37-16)22(27)24(34)31(23)13-14-32/h2,4-8,10-11,16,19,21-23,32H,3,9,12-15H2,1H3,(H,29,33)/b6-2-/t16-,19+,21-,22-,23+,27-/m1/s1. The number of hydrogen-bond acceptors (Lipinski definition) is 7. The number of allylic oxidation sites excluding steroid dienone is 1. The number of esters is 1. The van der Waals surface area contributed by atoms with Gasteiger partial charge in [-0.25, -0.2) is 0 Å². The number of aliphatic hydroxyl groups is 1. The van der Waals surface area contributed by atoms with Crippen molar-refractivity contribution < 1.29 is 33.8 Å². The number of amides is 3. The van der Waals surface area contributed by atoms with E-state index in [1.807, 2.05) is 0 Å². The van der Waals surface area contributed by atoms with Crippen LogP contribution in [-0.2, 0) is 28.7 Å². The first-order valence-electron chi connectivity index (χ1n) is 12.7. The first-order chi connectivity index (χ1) is 18.3. The van der Waals surface area contributed by atoms with Gasteiger partial charge in [-0.15, -0.1) is 0 Å². The van der Waals surface area contributed by atoms with E-state index in [1.54, 1.807) is 55.5 Å². The van der Waals surface area contributed by atoms with E-state index in [9.17, 15) is 24.3 Å². The highest BCUT2D eigenvalue weighted by Crippen LogP contribution is 2.55. The maximum Gasteiger partial charge on any atom is 0.313 e. The van der Waals surface area contributed by atoms with Crippen molar-refractivity contribution in [2.45, 2.75) is 43.6 Å². The fourth-order valence-electron chi connectivity index (χ4n) is 5.87. The summed E-state index contributed by atoms with van der Waals surface area (Å²) >= 11 is 6.49. The van der Waals surface area contributed by atoms with Crippen molar-refractivity contribution in [1.82, 2.24) is 10.2 Å². The Bertz CT molecular complexity index is 1200. The van der Waals surface area contributed by atoms with Crippen LogP contribution in [0.3, 0.4) is 0 Å². The molecule has 3 amide bonds. The zero-order chi connectivity index (χ0) is 27.0. The minimum absolute atomic E-state index is 0.105. The number of anilines is 1. The van der Waals surface area contributed by atoms with Crippen LogP contribution in [0.15, 0.2) is 48.6 Å². The summed E-state index contributed by atoms with van der Waals surface area (Å²) in [7, 11) is 0. The third-order valence-corrected chi connectivity index (χ3v) is 7.85. The molecule has 6 atom stereocenters. The molecule has 10 nitrogen and oxygen atoms in total. The van der Waals surface area contributed by atoms with Crippen molar-refractivity contribution in [1.29, 1.82) is 0 Å². The molecule has 1 spiro atoms. The number of benzene rings is 1. The lowest BCUT2D eigenvalue weighted by Crippen LogP contribution is -2.56. The van der Waals surface area contributed by atoms with Gasteiger partial charge < -0.3 is 29.7 Å². The van der Waals surface area contributed by atoms with Gasteiger partial charge >= 0.3 is 5.97 Å². The number of cyclic esters (lactones) is 1. The van der Waals surface area contributed by atoms with Crippen molar-refractivity contribution >= 4 is 41.0 Å². The number of fused-ring (bicyclic) bond motifs is 2. The van der Waals surface area contributed by atoms with Crippen molar-refractivity contribution in [3.8, 4) is 0 Å². The summed E-state index contributed by atoms with van der Waals surface area (Å²) in [6.07, 6.45) is 6.26. The van der Waals surface area contributed by atoms with Gasteiger partial charge in [0.05, 0.1) is 35.9 Å². The largest absolute Gasteiger partial charge is 0.460 e. The number of halogens is 1. The Hall–Kier alpha value is -3.21. The molecule has 0 saturated carbocycles. The highest BCUT2D eigenvalue weighted by Gasteiger charge is 2.73. The molecule has 2 fully saturated rings. The van der Waals surface area contributed by atoms with Crippen LogP contribution < -0.4 is 10.2 Å². The first-order valence-corrected chi connectivity index (χ1v) is 13.1. The molecule has 1 aromatic carbocycles. The predicted octanol–water partition coefficient (Wildman–Crippen LogP) is 1.21. The molecule has 0 radical (unpaired) electrons. The van der Waals surface area contributed by atoms with E-state index in [2.05, 4.69) is 5.32 Å². The van der Waals surface area contributed by atoms with Gasteiger partial charge in [-0.2, -0.15) is 0 Å². The summed E-state index contributed by atoms with van der Waals surface area (Å²) in [4.78, 5) is 56.5. The SMILES string of the molecule is C[C@@H]1CNC(=O)CC/C=C\CN(c2ccccc2Cl)C(=O)[C@@H]2N(CCO)C(=O)[C@H]3[C@H](C(=O)O1)[C@@H]1C=C[C@]23O1. The molecule has 1 aromatic rings.